The minimum absolute atomic E-state index is 0.152. The van der Waals surface area contributed by atoms with Crippen LogP contribution in [0.2, 0.25) is 0 Å². The highest BCUT2D eigenvalue weighted by Gasteiger charge is 2.31. The van der Waals surface area contributed by atoms with Crippen LogP contribution in [0.3, 0.4) is 0 Å². The van der Waals surface area contributed by atoms with Gasteiger partial charge in [-0.25, -0.2) is 0 Å². The number of hydrogen-bond donors (Lipinski definition) is 3. The Bertz CT molecular complexity index is 252. The highest BCUT2D eigenvalue weighted by atomic mass is 16.5. The maximum atomic E-state index is 11.7. The van der Waals surface area contributed by atoms with Gasteiger partial charge in [0.2, 0.25) is 5.91 Å². The first kappa shape index (κ1) is 14.4. The van der Waals surface area contributed by atoms with Gasteiger partial charge in [-0.2, -0.15) is 0 Å². The SMILES string of the molecule is CC[C@H](C)[C@H](N)C(=O)NCC1(O)CCOCC1. The normalized spacial score (nSPS) is 22.8. The van der Waals surface area contributed by atoms with Gasteiger partial charge in [-0.1, -0.05) is 20.3 Å². The molecule has 5 nitrogen and oxygen atoms in total. The molecule has 1 rings (SSSR count). The highest BCUT2D eigenvalue weighted by Crippen LogP contribution is 2.19. The lowest BCUT2D eigenvalue weighted by atomic mass is 9.93. The summed E-state index contributed by atoms with van der Waals surface area (Å²) in [7, 11) is 0. The smallest absolute Gasteiger partial charge is 0.237 e. The van der Waals surface area contributed by atoms with E-state index in [-0.39, 0.29) is 18.4 Å². The van der Waals surface area contributed by atoms with Crippen molar-refractivity contribution in [1.29, 1.82) is 0 Å². The molecule has 5 heteroatoms. The Balaban J connectivity index is 2.36. The second-order valence-electron chi connectivity index (χ2n) is 4.97. The van der Waals surface area contributed by atoms with Gasteiger partial charge in [0, 0.05) is 32.6 Å². The molecule has 1 heterocycles. The molecular weight excluding hydrogens is 220 g/mol. The van der Waals surface area contributed by atoms with Crippen LogP contribution in [0.1, 0.15) is 33.1 Å². The summed E-state index contributed by atoms with van der Waals surface area (Å²) in [6, 6.07) is -0.497. The lowest BCUT2D eigenvalue weighted by Crippen LogP contribution is -2.51. The van der Waals surface area contributed by atoms with E-state index in [1.165, 1.54) is 0 Å². The van der Waals surface area contributed by atoms with Crippen molar-refractivity contribution in [1.82, 2.24) is 5.32 Å². The third-order valence-electron chi connectivity index (χ3n) is 3.57. The largest absolute Gasteiger partial charge is 0.388 e. The lowest BCUT2D eigenvalue weighted by molar-refractivity contribution is -0.126. The van der Waals surface area contributed by atoms with E-state index < -0.39 is 11.6 Å². The van der Waals surface area contributed by atoms with E-state index in [2.05, 4.69) is 5.32 Å². The topological polar surface area (TPSA) is 84.6 Å². The van der Waals surface area contributed by atoms with Crippen LogP contribution in [-0.4, -0.2) is 42.4 Å². The number of aliphatic hydroxyl groups is 1. The molecule has 17 heavy (non-hydrogen) atoms. The summed E-state index contributed by atoms with van der Waals surface area (Å²) in [6.07, 6.45) is 1.99. The zero-order valence-electron chi connectivity index (χ0n) is 10.7. The van der Waals surface area contributed by atoms with Gasteiger partial charge in [-0.05, 0) is 5.92 Å². The molecule has 1 aliphatic rings. The predicted octanol–water partition coefficient (Wildman–Crippen LogP) is 0.0175. The number of nitrogens with two attached hydrogens (primary N) is 1. The van der Waals surface area contributed by atoms with Gasteiger partial charge >= 0.3 is 0 Å². The summed E-state index contributed by atoms with van der Waals surface area (Å²) < 4.78 is 5.18. The van der Waals surface area contributed by atoms with Crippen molar-refractivity contribution in [3.8, 4) is 0 Å². The Kier molecular flexibility index (Phi) is 5.36. The lowest BCUT2D eigenvalue weighted by Gasteiger charge is -2.32. The zero-order chi connectivity index (χ0) is 12.9. The first-order chi connectivity index (χ1) is 7.98. The van der Waals surface area contributed by atoms with Crippen molar-refractivity contribution >= 4 is 5.91 Å². The molecule has 0 spiro atoms. The third kappa shape index (κ3) is 4.26. The number of amides is 1. The van der Waals surface area contributed by atoms with E-state index in [0.29, 0.717) is 26.1 Å². The summed E-state index contributed by atoms with van der Waals surface area (Å²) >= 11 is 0. The quantitative estimate of drug-likeness (QED) is 0.636. The number of rotatable bonds is 5. The molecule has 1 aliphatic heterocycles. The van der Waals surface area contributed by atoms with Gasteiger partial charge in [-0.15, -0.1) is 0 Å². The van der Waals surface area contributed by atoms with Crippen molar-refractivity contribution < 1.29 is 14.6 Å². The van der Waals surface area contributed by atoms with Crippen molar-refractivity contribution in [3.05, 3.63) is 0 Å². The second-order valence-corrected chi connectivity index (χ2v) is 4.97. The van der Waals surface area contributed by atoms with Crippen LogP contribution in [0.4, 0.5) is 0 Å². The first-order valence-electron chi connectivity index (χ1n) is 6.32. The Hall–Kier alpha value is -0.650. The van der Waals surface area contributed by atoms with Crippen LogP contribution < -0.4 is 11.1 Å². The molecule has 1 amide bonds. The molecule has 0 radical (unpaired) electrons. The second kappa shape index (κ2) is 6.33. The van der Waals surface area contributed by atoms with Crippen molar-refractivity contribution in [2.45, 2.75) is 44.8 Å². The molecule has 4 N–H and O–H groups in total. The van der Waals surface area contributed by atoms with Crippen molar-refractivity contribution in [3.63, 3.8) is 0 Å². The molecule has 0 aromatic carbocycles. The maximum absolute atomic E-state index is 11.7. The summed E-state index contributed by atoms with van der Waals surface area (Å²) in [6.45, 7) is 5.31. The van der Waals surface area contributed by atoms with E-state index in [1.807, 2.05) is 13.8 Å². The number of ether oxygens (including phenoxy) is 1. The molecule has 1 fully saturated rings. The van der Waals surface area contributed by atoms with Gasteiger partial charge < -0.3 is 20.9 Å². The number of hydrogen-bond acceptors (Lipinski definition) is 4. The molecule has 1 saturated heterocycles. The third-order valence-corrected chi connectivity index (χ3v) is 3.57. The van der Waals surface area contributed by atoms with Gasteiger partial charge in [0.25, 0.3) is 0 Å². The molecule has 0 aliphatic carbocycles. The Morgan fingerprint density at radius 2 is 2.12 bits per heavy atom. The fraction of sp³-hybridized carbons (Fsp3) is 0.917. The highest BCUT2D eigenvalue weighted by molar-refractivity contribution is 5.81. The van der Waals surface area contributed by atoms with Crippen LogP contribution in [0.15, 0.2) is 0 Å². The molecule has 0 aromatic rings. The van der Waals surface area contributed by atoms with Crippen LogP contribution in [0, 0.1) is 5.92 Å². The Labute approximate surface area is 103 Å². The summed E-state index contributed by atoms with van der Waals surface area (Å²) in [5.74, 6) is -0.0291. The molecule has 0 aromatic heterocycles. The zero-order valence-corrected chi connectivity index (χ0v) is 10.7. The average Bonchev–Trinajstić information content (AvgIpc) is 2.35. The number of carbonyl (C=O) groups is 1. The van der Waals surface area contributed by atoms with Gasteiger partial charge in [0.1, 0.15) is 0 Å². The molecule has 100 valence electrons. The van der Waals surface area contributed by atoms with Crippen LogP contribution in [0.5, 0.6) is 0 Å². The monoisotopic (exact) mass is 244 g/mol. The fourth-order valence-electron chi connectivity index (χ4n) is 1.81. The maximum Gasteiger partial charge on any atom is 0.237 e. The Morgan fingerprint density at radius 1 is 1.53 bits per heavy atom. The fourth-order valence-corrected chi connectivity index (χ4v) is 1.81. The summed E-state index contributed by atoms with van der Waals surface area (Å²) in [5.41, 5.74) is 4.98. The van der Waals surface area contributed by atoms with Gasteiger partial charge in [0.05, 0.1) is 11.6 Å². The minimum Gasteiger partial charge on any atom is -0.388 e. The van der Waals surface area contributed by atoms with Gasteiger partial charge in [0.15, 0.2) is 0 Å². The average molecular weight is 244 g/mol. The summed E-state index contributed by atoms with van der Waals surface area (Å²) in [5, 5.41) is 12.9. The standard InChI is InChI=1S/C12H24N2O3/c1-3-9(2)10(13)11(15)14-8-12(16)4-6-17-7-5-12/h9-10,16H,3-8,13H2,1-2H3,(H,14,15)/t9-,10-/m0/s1. The van der Waals surface area contributed by atoms with E-state index in [9.17, 15) is 9.90 Å². The van der Waals surface area contributed by atoms with Crippen molar-refractivity contribution in [2.75, 3.05) is 19.8 Å². The van der Waals surface area contributed by atoms with E-state index in [0.717, 1.165) is 6.42 Å². The molecule has 2 atom stereocenters. The van der Waals surface area contributed by atoms with Crippen LogP contribution >= 0.6 is 0 Å². The molecule has 0 unspecified atom stereocenters. The summed E-state index contributed by atoms with van der Waals surface area (Å²) in [4.78, 5) is 11.7. The van der Waals surface area contributed by atoms with Crippen LogP contribution in [-0.2, 0) is 9.53 Å². The molecule has 0 bridgehead atoms. The Morgan fingerprint density at radius 3 is 2.65 bits per heavy atom. The van der Waals surface area contributed by atoms with E-state index in [4.69, 9.17) is 10.5 Å². The number of nitrogens with one attached hydrogen (secondary N) is 1. The minimum atomic E-state index is -0.830. The van der Waals surface area contributed by atoms with Crippen molar-refractivity contribution in [2.24, 2.45) is 11.7 Å². The van der Waals surface area contributed by atoms with E-state index in [1.54, 1.807) is 0 Å². The van der Waals surface area contributed by atoms with Gasteiger partial charge in [-0.3, -0.25) is 4.79 Å². The molecular formula is C12H24N2O3. The number of carbonyl (C=O) groups excluding carboxylic acids is 1. The molecule has 0 saturated carbocycles. The first-order valence-corrected chi connectivity index (χ1v) is 6.32. The van der Waals surface area contributed by atoms with Crippen LogP contribution in [0.25, 0.3) is 0 Å². The predicted molar refractivity (Wildman–Crippen MR) is 65.4 cm³/mol. The van der Waals surface area contributed by atoms with E-state index >= 15 is 0 Å².